The molecular formula is C19H22N6O. The fraction of sp³-hybridized carbons (Fsp3) is 0.211. The van der Waals surface area contributed by atoms with Gasteiger partial charge in [-0.25, -0.2) is 0 Å². The second kappa shape index (κ2) is 8.15. The number of benzene rings is 2. The Bertz CT molecular complexity index is 851. The van der Waals surface area contributed by atoms with E-state index in [1.54, 1.807) is 6.20 Å². The third kappa shape index (κ3) is 4.38. The summed E-state index contributed by atoms with van der Waals surface area (Å²) < 4.78 is 5.62. The van der Waals surface area contributed by atoms with Gasteiger partial charge in [-0.1, -0.05) is 12.1 Å². The van der Waals surface area contributed by atoms with Gasteiger partial charge in [-0.05, 0) is 43.3 Å². The summed E-state index contributed by atoms with van der Waals surface area (Å²) in [5, 5.41) is 14.4. The molecule has 0 saturated carbocycles. The van der Waals surface area contributed by atoms with Crippen LogP contribution in [0.15, 0.2) is 54.7 Å². The van der Waals surface area contributed by atoms with Crippen molar-refractivity contribution in [3.05, 3.63) is 54.7 Å². The first-order valence-electron chi connectivity index (χ1n) is 8.38. The number of nitrogens with one attached hydrogen (secondary N) is 2. The van der Waals surface area contributed by atoms with Crippen LogP contribution in [0.25, 0.3) is 0 Å². The van der Waals surface area contributed by atoms with Crippen LogP contribution in [0, 0.1) is 0 Å². The molecule has 7 nitrogen and oxygen atoms in total. The molecule has 26 heavy (non-hydrogen) atoms. The van der Waals surface area contributed by atoms with Crippen molar-refractivity contribution in [3.63, 3.8) is 0 Å². The normalized spacial score (nSPS) is 10.3. The van der Waals surface area contributed by atoms with Crippen molar-refractivity contribution < 1.29 is 4.74 Å². The smallest absolute Gasteiger partial charge is 0.249 e. The molecule has 3 aromatic rings. The second-order valence-electron chi connectivity index (χ2n) is 5.79. The van der Waals surface area contributed by atoms with Crippen LogP contribution in [0.3, 0.4) is 0 Å². The number of aromatic nitrogens is 3. The minimum absolute atomic E-state index is 0.418. The predicted octanol–water partition coefficient (Wildman–Crippen LogP) is 3.82. The van der Waals surface area contributed by atoms with E-state index >= 15 is 0 Å². The highest BCUT2D eigenvalue weighted by molar-refractivity contribution is 5.65. The van der Waals surface area contributed by atoms with Crippen LogP contribution in [-0.2, 0) is 0 Å². The maximum absolute atomic E-state index is 5.62. The van der Waals surface area contributed by atoms with Crippen molar-refractivity contribution in [1.82, 2.24) is 15.2 Å². The lowest BCUT2D eigenvalue weighted by Gasteiger charge is -2.13. The summed E-state index contributed by atoms with van der Waals surface area (Å²) in [5.74, 6) is 1.77. The Hall–Kier alpha value is -3.35. The Morgan fingerprint density at radius 1 is 1.00 bits per heavy atom. The summed E-state index contributed by atoms with van der Waals surface area (Å²) in [4.78, 5) is 6.50. The highest BCUT2D eigenvalue weighted by Crippen LogP contribution is 2.26. The molecular weight excluding hydrogens is 328 g/mol. The molecule has 0 atom stereocenters. The summed E-state index contributed by atoms with van der Waals surface area (Å²) in [6.07, 6.45) is 1.57. The fourth-order valence-corrected chi connectivity index (χ4v) is 2.38. The summed E-state index contributed by atoms with van der Waals surface area (Å²) in [7, 11) is 4.01. The zero-order chi connectivity index (χ0) is 18.4. The molecule has 0 radical (unpaired) electrons. The largest absolute Gasteiger partial charge is 0.492 e. The van der Waals surface area contributed by atoms with Crippen molar-refractivity contribution in [3.8, 4) is 5.75 Å². The number of para-hydroxylation sites is 2. The molecule has 0 amide bonds. The molecule has 0 bridgehead atoms. The predicted molar refractivity (Wildman–Crippen MR) is 105 cm³/mol. The molecule has 1 aromatic heterocycles. The van der Waals surface area contributed by atoms with Gasteiger partial charge in [-0.15, -0.1) is 5.10 Å². The molecule has 0 aliphatic heterocycles. The second-order valence-corrected chi connectivity index (χ2v) is 5.79. The quantitative estimate of drug-likeness (QED) is 0.671. The van der Waals surface area contributed by atoms with E-state index in [-0.39, 0.29) is 0 Å². The molecule has 1 heterocycles. The standard InChI is InChI=1S/C19H22N6O/c1-4-26-17-8-6-5-7-16(17)22-18-13-20-24-19(23-18)21-14-9-11-15(12-10-14)25(2)3/h5-13H,4H2,1-3H3,(H2,21,22,23,24). The number of ether oxygens (including phenoxy) is 1. The summed E-state index contributed by atoms with van der Waals surface area (Å²) in [6, 6.07) is 15.7. The molecule has 0 fully saturated rings. The lowest BCUT2D eigenvalue weighted by Crippen LogP contribution is -2.08. The van der Waals surface area contributed by atoms with Crippen molar-refractivity contribution in [2.45, 2.75) is 6.92 Å². The monoisotopic (exact) mass is 350 g/mol. The molecule has 0 unspecified atom stereocenters. The zero-order valence-electron chi connectivity index (χ0n) is 15.1. The Morgan fingerprint density at radius 3 is 2.50 bits per heavy atom. The zero-order valence-corrected chi connectivity index (χ0v) is 15.1. The van der Waals surface area contributed by atoms with Gasteiger partial charge in [0.1, 0.15) is 5.75 Å². The van der Waals surface area contributed by atoms with Gasteiger partial charge in [0.2, 0.25) is 5.95 Å². The first-order chi connectivity index (χ1) is 12.7. The third-order valence-electron chi connectivity index (χ3n) is 3.65. The topological polar surface area (TPSA) is 75.2 Å². The van der Waals surface area contributed by atoms with E-state index < -0.39 is 0 Å². The van der Waals surface area contributed by atoms with Crippen LogP contribution in [0.4, 0.5) is 28.8 Å². The van der Waals surface area contributed by atoms with Gasteiger partial charge in [0.25, 0.3) is 0 Å². The molecule has 134 valence electrons. The molecule has 0 saturated heterocycles. The highest BCUT2D eigenvalue weighted by atomic mass is 16.5. The first-order valence-corrected chi connectivity index (χ1v) is 8.38. The van der Waals surface area contributed by atoms with Crippen molar-refractivity contribution in [1.29, 1.82) is 0 Å². The van der Waals surface area contributed by atoms with E-state index in [0.717, 1.165) is 22.8 Å². The molecule has 2 aromatic carbocycles. The fourth-order valence-electron chi connectivity index (χ4n) is 2.38. The summed E-state index contributed by atoms with van der Waals surface area (Å²) in [6.45, 7) is 2.54. The Morgan fingerprint density at radius 2 is 1.77 bits per heavy atom. The number of nitrogens with zero attached hydrogens (tertiary/aromatic N) is 4. The summed E-state index contributed by atoms with van der Waals surface area (Å²) >= 11 is 0. The summed E-state index contributed by atoms with van der Waals surface area (Å²) in [5.41, 5.74) is 2.85. The van der Waals surface area contributed by atoms with Crippen LogP contribution >= 0.6 is 0 Å². The van der Waals surface area contributed by atoms with E-state index in [1.807, 2.05) is 74.4 Å². The Balaban J connectivity index is 1.74. The van der Waals surface area contributed by atoms with Crippen LogP contribution in [-0.4, -0.2) is 35.9 Å². The molecule has 3 rings (SSSR count). The molecule has 7 heteroatoms. The minimum atomic E-state index is 0.418. The number of anilines is 5. The van der Waals surface area contributed by atoms with Crippen LogP contribution < -0.4 is 20.3 Å². The Labute approximate surface area is 153 Å². The van der Waals surface area contributed by atoms with Gasteiger partial charge in [-0.3, -0.25) is 0 Å². The molecule has 2 N–H and O–H groups in total. The van der Waals surface area contributed by atoms with Gasteiger partial charge in [0.05, 0.1) is 18.5 Å². The van der Waals surface area contributed by atoms with Gasteiger partial charge < -0.3 is 20.3 Å². The van der Waals surface area contributed by atoms with Crippen LogP contribution in [0.1, 0.15) is 6.92 Å². The molecule has 0 aliphatic rings. The van der Waals surface area contributed by atoms with Gasteiger partial charge in [0.15, 0.2) is 5.82 Å². The SMILES string of the molecule is CCOc1ccccc1Nc1cnnc(Nc2ccc(N(C)C)cc2)n1. The molecule has 0 spiro atoms. The van der Waals surface area contributed by atoms with E-state index in [4.69, 9.17) is 4.74 Å². The maximum Gasteiger partial charge on any atom is 0.249 e. The number of rotatable bonds is 7. The average molecular weight is 350 g/mol. The number of hydrogen-bond donors (Lipinski definition) is 2. The van der Waals surface area contributed by atoms with E-state index in [1.165, 1.54) is 0 Å². The first kappa shape index (κ1) is 17.5. The van der Waals surface area contributed by atoms with E-state index in [9.17, 15) is 0 Å². The van der Waals surface area contributed by atoms with Gasteiger partial charge >= 0.3 is 0 Å². The minimum Gasteiger partial charge on any atom is -0.492 e. The number of hydrogen-bond acceptors (Lipinski definition) is 7. The van der Waals surface area contributed by atoms with Crippen molar-refractivity contribution in [2.24, 2.45) is 0 Å². The Kier molecular flexibility index (Phi) is 5.48. The lowest BCUT2D eigenvalue weighted by molar-refractivity contribution is 0.342. The third-order valence-corrected chi connectivity index (χ3v) is 3.65. The highest BCUT2D eigenvalue weighted by Gasteiger charge is 2.06. The van der Waals surface area contributed by atoms with Crippen molar-refractivity contribution >= 4 is 28.8 Å². The van der Waals surface area contributed by atoms with Gasteiger partial charge in [-0.2, -0.15) is 10.1 Å². The van der Waals surface area contributed by atoms with Crippen LogP contribution in [0.2, 0.25) is 0 Å². The lowest BCUT2D eigenvalue weighted by atomic mass is 10.2. The average Bonchev–Trinajstić information content (AvgIpc) is 2.64. The van der Waals surface area contributed by atoms with E-state index in [0.29, 0.717) is 18.4 Å². The van der Waals surface area contributed by atoms with Crippen molar-refractivity contribution in [2.75, 3.05) is 36.2 Å². The maximum atomic E-state index is 5.62. The molecule has 0 aliphatic carbocycles. The van der Waals surface area contributed by atoms with Crippen LogP contribution in [0.5, 0.6) is 5.75 Å². The van der Waals surface area contributed by atoms with E-state index in [2.05, 4.69) is 25.8 Å². The van der Waals surface area contributed by atoms with Gasteiger partial charge in [0, 0.05) is 25.5 Å².